The molecule has 1 fully saturated rings. The fourth-order valence-electron chi connectivity index (χ4n) is 2.60. The molecule has 1 aromatic carbocycles. The second kappa shape index (κ2) is 7.68. The van der Waals surface area contributed by atoms with Crippen LogP contribution >= 0.6 is 0 Å². The van der Waals surface area contributed by atoms with Crippen LogP contribution in [0.15, 0.2) is 24.3 Å². The Morgan fingerprint density at radius 3 is 2.48 bits per heavy atom. The smallest absolute Gasteiger partial charge is 0.410 e. The molecule has 1 amide bonds. The molecule has 0 aliphatic carbocycles. The summed E-state index contributed by atoms with van der Waals surface area (Å²) in [7, 11) is 1.69. The summed E-state index contributed by atoms with van der Waals surface area (Å²) < 4.78 is 10.7. The van der Waals surface area contributed by atoms with E-state index in [4.69, 9.17) is 9.47 Å². The van der Waals surface area contributed by atoms with E-state index in [0.29, 0.717) is 0 Å². The zero-order valence-corrected chi connectivity index (χ0v) is 14.7. The van der Waals surface area contributed by atoms with Crippen molar-refractivity contribution in [2.75, 3.05) is 39.8 Å². The van der Waals surface area contributed by atoms with Crippen LogP contribution in [0.4, 0.5) is 4.79 Å². The molecule has 1 aromatic rings. The van der Waals surface area contributed by atoms with Crippen molar-refractivity contribution in [2.45, 2.75) is 32.8 Å². The van der Waals surface area contributed by atoms with E-state index in [9.17, 15) is 4.79 Å². The molecule has 5 heteroatoms. The van der Waals surface area contributed by atoms with Gasteiger partial charge in [-0.2, -0.15) is 0 Å². The van der Waals surface area contributed by atoms with Crippen LogP contribution in [0, 0.1) is 0 Å². The molecular formula is C18H28N2O3. The third kappa shape index (κ3) is 5.75. The molecule has 5 nitrogen and oxygen atoms in total. The summed E-state index contributed by atoms with van der Waals surface area (Å²) in [5.41, 5.74) is 0.847. The van der Waals surface area contributed by atoms with E-state index in [2.05, 4.69) is 17.0 Å². The van der Waals surface area contributed by atoms with Gasteiger partial charge in [0.25, 0.3) is 0 Å². The van der Waals surface area contributed by atoms with Crippen LogP contribution in [0.25, 0.3) is 0 Å². The third-order valence-corrected chi connectivity index (χ3v) is 3.87. The third-order valence-electron chi connectivity index (χ3n) is 3.87. The summed E-state index contributed by atoms with van der Waals surface area (Å²) in [6, 6.07) is 8.19. The number of hydrogen-bond donors (Lipinski definition) is 0. The number of carbonyl (C=O) groups excluding carboxylic acids is 1. The van der Waals surface area contributed by atoms with Gasteiger partial charge in [-0.05, 0) is 44.9 Å². The standard InChI is InChI=1S/C18H28N2O3/c1-18(2,3)23-17(21)20-12-10-19(11-13-20)9-8-15-6-5-7-16(14-15)22-4/h5-7,14H,8-13H2,1-4H3. The molecule has 0 spiro atoms. The molecule has 23 heavy (non-hydrogen) atoms. The summed E-state index contributed by atoms with van der Waals surface area (Å²) in [6.07, 6.45) is 0.786. The zero-order valence-electron chi connectivity index (χ0n) is 14.7. The van der Waals surface area contributed by atoms with Crippen molar-refractivity contribution in [1.82, 2.24) is 9.80 Å². The lowest BCUT2D eigenvalue weighted by molar-refractivity contribution is 0.0146. The minimum atomic E-state index is -0.430. The number of rotatable bonds is 4. The van der Waals surface area contributed by atoms with Crippen molar-refractivity contribution < 1.29 is 14.3 Å². The maximum Gasteiger partial charge on any atom is 0.410 e. The minimum absolute atomic E-state index is 0.204. The minimum Gasteiger partial charge on any atom is -0.497 e. The van der Waals surface area contributed by atoms with E-state index >= 15 is 0 Å². The van der Waals surface area contributed by atoms with E-state index in [1.807, 2.05) is 32.9 Å². The maximum absolute atomic E-state index is 12.0. The molecule has 1 aliphatic heterocycles. The SMILES string of the molecule is COc1cccc(CCN2CCN(C(=O)OC(C)(C)C)CC2)c1. The molecule has 0 N–H and O–H groups in total. The van der Waals surface area contributed by atoms with Gasteiger partial charge in [0.15, 0.2) is 0 Å². The number of ether oxygens (including phenoxy) is 2. The number of piperazine rings is 1. The summed E-state index contributed by atoms with van der Waals surface area (Å²) in [4.78, 5) is 16.2. The highest BCUT2D eigenvalue weighted by Gasteiger charge is 2.25. The fraction of sp³-hybridized carbons (Fsp3) is 0.611. The van der Waals surface area contributed by atoms with E-state index in [-0.39, 0.29) is 6.09 Å². The summed E-state index contributed by atoms with van der Waals surface area (Å²) in [5.74, 6) is 0.900. The molecule has 0 aromatic heterocycles. The lowest BCUT2D eigenvalue weighted by atomic mass is 10.1. The molecule has 0 bridgehead atoms. The van der Waals surface area contributed by atoms with Crippen LogP contribution in [0.5, 0.6) is 5.75 Å². The van der Waals surface area contributed by atoms with Crippen molar-refractivity contribution in [2.24, 2.45) is 0 Å². The number of methoxy groups -OCH3 is 1. The topological polar surface area (TPSA) is 42.0 Å². The number of benzene rings is 1. The fourth-order valence-corrected chi connectivity index (χ4v) is 2.60. The van der Waals surface area contributed by atoms with Crippen LogP contribution in [0.3, 0.4) is 0 Å². The van der Waals surface area contributed by atoms with Crippen molar-refractivity contribution >= 4 is 6.09 Å². The first-order valence-electron chi connectivity index (χ1n) is 8.20. The van der Waals surface area contributed by atoms with E-state index in [1.54, 1.807) is 12.0 Å². The lowest BCUT2D eigenvalue weighted by Crippen LogP contribution is -2.50. The first kappa shape index (κ1) is 17.6. The molecule has 0 saturated carbocycles. The van der Waals surface area contributed by atoms with E-state index in [0.717, 1.165) is 44.9 Å². The quantitative estimate of drug-likeness (QED) is 0.855. The molecule has 0 atom stereocenters. The van der Waals surface area contributed by atoms with Gasteiger partial charge in [-0.25, -0.2) is 4.79 Å². The van der Waals surface area contributed by atoms with Gasteiger partial charge >= 0.3 is 6.09 Å². The molecule has 0 radical (unpaired) electrons. The average Bonchev–Trinajstić information content (AvgIpc) is 2.52. The number of nitrogens with zero attached hydrogens (tertiary/aromatic N) is 2. The molecule has 1 aliphatic rings. The van der Waals surface area contributed by atoms with Gasteiger partial charge in [-0.3, -0.25) is 4.90 Å². The summed E-state index contributed by atoms with van der Waals surface area (Å²) in [6.45, 7) is 9.93. The Morgan fingerprint density at radius 1 is 1.17 bits per heavy atom. The van der Waals surface area contributed by atoms with Crippen LogP contribution in [-0.4, -0.2) is 61.3 Å². The molecule has 1 saturated heterocycles. The lowest BCUT2D eigenvalue weighted by Gasteiger charge is -2.35. The highest BCUT2D eigenvalue weighted by molar-refractivity contribution is 5.68. The van der Waals surface area contributed by atoms with Crippen molar-refractivity contribution in [3.63, 3.8) is 0 Å². The maximum atomic E-state index is 12.0. The largest absolute Gasteiger partial charge is 0.497 e. The molecule has 0 unspecified atom stereocenters. The number of amides is 1. The Balaban J connectivity index is 1.75. The van der Waals surface area contributed by atoms with Crippen molar-refractivity contribution in [1.29, 1.82) is 0 Å². The molecule has 2 rings (SSSR count). The van der Waals surface area contributed by atoms with Crippen LogP contribution in [0.1, 0.15) is 26.3 Å². The average molecular weight is 320 g/mol. The van der Waals surface area contributed by atoms with Gasteiger partial charge in [0.05, 0.1) is 7.11 Å². The predicted molar refractivity (Wildman–Crippen MR) is 90.9 cm³/mol. The van der Waals surface area contributed by atoms with Gasteiger partial charge in [0.1, 0.15) is 11.4 Å². The second-order valence-electron chi connectivity index (χ2n) is 6.91. The predicted octanol–water partition coefficient (Wildman–Crippen LogP) is 2.79. The molecular weight excluding hydrogens is 292 g/mol. The van der Waals surface area contributed by atoms with Crippen LogP contribution < -0.4 is 4.74 Å². The summed E-state index contributed by atoms with van der Waals surface area (Å²) in [5, 5.41) is 0. The Labute approximate surface area is 139 Å². The Bertz CT molecular complexity index is 517. The number of hydrogen-bond acceptors (Lipinski definition) is 4. The van der Waals surface area contributed by atoms with Gasteiger partial charge < -0.3 is 14.4 Å². The van der Waals surface area contributed by atoms with Gasteiger partial charge in [0.2, 0.25) is 0 Å². The first-order chi connectivity index (χ1) is 10.9. The number of carbonyl (C=O) groups is 1. The van der Waals surface area contributed by atoms with Gasteiger partial charge in [-0.1, -0.05) is 12.1 Å². The Morgan fingerprint density at radius 2 is 1.87 bits per heavy atom. The second-order valence-corrected chi connectivity index (χ2v) is 6.91. The first-order valence-corrected chi connectivity index (χ1v) is 8.20. The van der Waals surface area contributed by atoms with Crippen LogP contribution in [-0.2, 0) is 11.2 Å². The Kier molecular flexibility index (Phi) is 5.88. The molecule has 1 heterocycles. The zero-order chi connectivity index (χ0) is 16.9. The van der Waals surface area contributed by atoms with Gasteiger partial charge in [0, 0.05) is 32.7 Å². The van der Waals surface area contributed by atoms with E-state index in [1.165, 1.54) is 5.56 Å². The summed E-state index contributed by atoms with van der Waals surface area (Å²) >= 11 is 0. The van der Waals surface area contributed by atoms with E-state index < -0.39 is 5.60 Å². The van der Waals surface area contributed by atoms with Crippen LogP contribution in [0.2, 0.25) is 0 Å². The molecule has 128 valence electrons. The van der Waals surface area contributed by atoms with Gasteiger partial charge in [-0.15, -0.1) is 0 Å². The monoisotopic (exact) mass is 320 g/mol. The Hall–Kier alpha value is -1.75. The highest BCUT2D eigenvalue weighted by Crippen LogP contribution is 2.15. The van der Waals surface area contributed by atoms with Crippen molar-refractivity contribution in [3.8, 4) is 5.75 Å². The van der Waals surface area contributed by atoms with Crippen molar-refractivity contribution in [3.05, 3.63) is 29.8 Å². The normalized spacial score (nSPS) is 16.3. The highest BCUT2D eigenvalue weighted by atomic mass is 16.6.